The van der Waals surface area contributed by atoms with E-state index in [9.17, 15) is 9.90 Å². The zero-order valence-electron chi connectivity index (χ0n) is 9.33. The number of carbonyl (C=O) groups excluding carboxylic acids is 1. The van der Waals surface area contributed by atoms with Crippen LogP contribution in [-0.2, 0) is 0 Å². The minimum absolute atomic E-state index is 0.142. The van der Waals surface area contributed by atoms with Gasteiger partial charge in [0.25, 0.3) is 0 Å². The predicted octanol–water partition coefficient (Wildman–Crippen LogP) is 2.12. The van der Waals surface area contributed by atoms with Crippen molar-refractivity contribution in [1.29, 1.82) is 0 Å². The second-order valence-electron chi connectivity index (χ2n) is 3.47. The number of aromatic hydroxyl groups is 1. The molecule has 18 heavy (non-hydrogen) atoms. The normalized spacial score (nSPS) is 10.7. The van der Waals surface area contributed by atoms with Crippen LogP contribution in [-0.4, -0.2) is 17.4 Å². The van der Waals surface area contributed by atoms with Gasteiger partial charge in [-0.3, -0.25) is 0 Å². The topological polar surface area (TPSA) is 87.7 Å². The van der Waals surface area contributed by atoms with Crippen molar-refractivity contribution < 1.29 is 9.90 Å². The lowest BCUT2D eigenvalue weighted by atomic mass is 10.2. The highest BCUT2D eigenvalue weighted by molar-refractivity contribution is 7.17. The first kappa shape index (κ1) is 12.1. The molecule has 5 nitrogen and oxygen atoms in total. The fourth-order valence-corrected chi connectivity index (χ4v) is 2.28. The second kappa shape index (κ2) is 5.33. The SMILES string of the molecule is NC(=O)N/N=C\c1cc(-c2ccccc2)sc1O. The summed E-state index contributed by atoms with van der Waals surface area (Å²) in [6.45, 7) is 0. The van der Waals surface area contributed by atoms with E-state index in [4.69, 9.17) is 5.73 Å². The quantitative estimate of drug-likeness (QED) is 0.583. The van der Waals surface area contributed by atoms with Crippen LogP contribution in [0.25, 0.3) is 10.4 Å². The molecule has 0 saturated carbocycles. The summed E-state index contributed by atoms with van der Waals surface area (Å²) >= 11 is 1.25. The molecule has 0 aliphatic rings. The van der Waals surface area contributed by atoms with Crippen molar-refractivity contribution in [3.63, 3.8) is 0 Å². The number of nitrogens with two attached hydrogens (primary N) is 1. The van der Waals surface area contributed by atoms with Crippen LogP contribution >= 0.6 is 11.3 Å². The maximum Gasteiger partial charge on any atom is 0.332 e. The molecule has 0 fully saturated rings. The van der Waals surface area contributed by atoms with Crippen molar-refractivity contribution in [3.8, 4) is 15.5 Å². The average molecular weight is 261 g/mol. The number of amides is 2. The number of nitrogens with zero attached hydrogens (tertiary/aromatic N) is 1. The summed E-state index contributed by atoms with van der Waals surface area (Å²) < 4.78 is 0. The van der Waals surface area contributed by atoms with Crippen LogP contribution in [0.4, 0.5) is 4.79 Å². The van der Waals surface area contributed by atoms with Gasteiger partial charge in [-0.25, -0.2) is 10.2 Å². The maximum absolute atomic E-state index is 10.4. The Morgan fingerprint density at radius 1 is 1.39 bits per heavy atom. The van der Waals surface area contributed by atoms with Crippen LogP contribution in [0.1, 0.15) is 5.56 Å². The van der Waals surface area contributed by atoms with Gasteiger partial charge in [-0.05, 0) is 11.6 Å². The molecule has 2 aromatic rings. The predicted molar refractivity (Wildman–Crippen MR) is 71.7 cm³/mol. The first-order chi connectivity index (χ1) is 8.66. The molecule has 1 aromatic carbocycles. The Morgan fingerprint density at radius 2 is 2.11 bits per heavy atom. The third-order valence-corrected chi connectivity index (χ3v) is 3.18. The van der Waals surface area contributed by atoms with E-state index in [-0.39, 0.29) is 5.06 Å². The number of benzene rings is 1. The van der Waals surface area contributed by atoms with Crippen molar-refractivity contribution in [2.45, 2.75) is 0 Å². The van der Waals surface area contributed by atoms with Gasteiger partial charge in [0.05, 0.1) is 6.21 Å². The van der Waals surface area contributed by atoms with Crippen molar-refractivity contribution in [1.82, 2.24) is 5.43 Å². The molecular weight excluding hydrogens is 250 g/mol. The second-order valence-corrected chi connectivity index (χ2v) is 4.50. The molecular formula is C12H11N3O2S. The summed E-state index contributed by atoms with van der Waals surface area (Å²) in [5.41, 5.74) is 8.49. The van der Waals surface area contributed by atoms with Crippen molar-refractivity contribution in [2.75, 3.05) is 0 Å². The van der Waals surface area contributed by atoms with E-state index in [0.717, 1.165) is 10.4 Å². The molecule has 0 aliphatic heterocycles. The first-order valence-corrected chi connectivity index (χ1v) is 5.95. The molecule has 0 atom stereocenters. The highest BCUT2D eigenvalue weighted by atomic mass is 32.1. The molecule has 4 N–H and O–H groups in total. The van der Waals surface area contributed by atoms with E-state index in [1.165, 1.54) is 17.6 Å². The van der Waals surface area contributed by atoms with E-state index < -0.39 is 6.03 Å². The zero-order chi connectivity index (χ0) is 13.0. The summed E-state index contributed by atoms with van der Waals surface area (Å²) in [6.07, 6.45) is 1.35. The van der Waals surface area contributed by atoms with Gasteiger partial charge >= 0.3 is 6.03 Å². The number of hydrazone groups is 1. The Bertz CT molecular complexity index is 578. The molecule has 0 saturated heterocycles. The van der Waals surface area contributed by atoms with Gasteiger partial charge in [0, 0.05) is 10.4 Å². The molecule has 2 rings (SSSR count). The van der Waals surface area contributed by atoms with Gasteiger partial charge in [-0.2, -0.15) is 5.10 Å². The zero-order valence-corrected chi connectivity index (χ0v) is 10.1. The molecule has 0 spiro atoms. The summed E-state index contributed by atoms with van der Waals surface area (Å²) in [5, 5.41) is 13.5. The summed E-state index contributed by atoms with van der Waals surface area (Å²) in [5.74, 6) is 0. The van der Waals surface area contributed by atoms with Gasteiger partial charge in [-0.15, -0.1) is 0 Å². The largest absolute Gasteiger partial charge is 0.499 e. The van der Waals surface area contributed by atoms with Crippen LogP contribution in [0, 0.1) is 0 Å². The van der Waals surface area contributed by atoms with Crippen LogP contribution in [0.5, 0.6) is 5.06 Å². The van der Waals surface area contributed by atoms with Gasteiger partial charge < -0.3 is 10.8 Å². The molecule has 0 radical (unpaired) electrons. The van der Waals surface area contributed by atoms with Crippen molar-refractivity contribution in [2.24, 2.45) is 10.8 Å². The van der Waals surface area contributed by atoms with Gasteiger partial charge in [-0.1, -0.05) is 41.7 Å². The fourth-order valence-electron chi connectivity index (χ4n) is 1.40. The molecule has 2 amide bonds. The third kappa shape index (κ3) is 2.86. The molecule has 6 heteroatoms. The van der Waals surface area contributed by atoms with E-state index in [0.29, 0.717) is 5.56 Å². The Kier molecular flexibility index (Phi) is 3.59. The van der Waals surface area contributed by atoms with E-state index >= 15 is 0 Å². The Hall–Kier alpha value is -2.34. The van der Waals surface area contributed by atoms with Crippen molar-refractivity contribution >= 4 is 23.6 Å². The monoisotopic (exact) mass is 261 g/mol. The molecule has 1 heterocycles. The van der Waals surface area contributed by atoms with E-state index in [1.807, 2.05) is 30.3 Å². The number of nitrogens with one attached hydrogen (secondary N) is 1. The lowest BCUT2D eigenvalue weighted by Crippen LogP contribution is -2.24. The minimum atomic E-state index is -0.746. The standard InChI is InChI=1S/C12H11N3O2S/c13-12(17)15-14-7-9-6-10(18-11(9)16)8-4-2-1-3-5-8/h1-7,16H,(H3,13,15,17)/b14-7-. The Morgan fingerprint density at radius 3 is 2.78 bits per heavy atom. The molecule has 0 aliphatic carbocycles. The number of primary amides is 1. The molecule has 1 aromatic heterocycles. The Balaban J connectivity index is 2.22. The first-order valence-electron chi connectivity index (χ1n) is 5.13. The molecule has 0 bridgehead atoms. The van der Waals surface area contributed by atoms with Gasteiger partial charge in [0.15, 0.2) is 5.06 Å². The number of carbonyl (C=O) groups is 1. The fraction of sp³-hybridized carbons (Fsp3) is 0. The molecule has 0 unspecified atom stereocenters. The van der Waals surface area contributed by atoms with E-state index in [1.54, 1.807) is 6.07 Å². The lowest BCUT2D eigenvalue weighted by molar-refractivity contribution is 0.249. The van der Waals surface area contributed by atoms with Crippen LogP contribution in [0.2, 0.25) is 0 Å². The van der Waals surface area contributed by atoms with Crippen LogP contribution in [0.3, 0.4) is 0 Å². The minimum Gasteiger partial charge on any atom is -0.499 e. The summed E-state index contributed by atoms with van der Waals surface area (Å²) in [7, 11) is 0. The average Bonchev–Trinajstić information content (AvgIpc) is 2.72. The highest BCUT2D eigenvalue weighted by Crippen LogP contribution is 2.35. The van der Waals surface area contributed by atoms with Gasteiger partial charge in [0.2, 0.25) is 0 Å². The smallest absolute Gasteiger partial charge is 0.332 e. The summed E-state index contributed by atoms with van der Waals surface area (Å²) in [4.78, 5) is 11.4. The third-order valence-electron chi connectivity index (χ3n) is 2.18. The molecule has 92 valence electrons. The van der Waals surface area contributed by atoms with Gasteiger partial charge in [0.1, 0.15) is 0 Å². The number of thiophene rings is 1. The number of hydrogen-bond acceptors (Lipinski definition) is 4. The number of urea groups is 1. The highest BCUT2D eigenvalue weighted by Gasteiger charge is 2.07. The summed E-state index contributed by atoms with van der Waals surface area (Å²) in [6, 6.07) is 10.7. The lowest BCUT2D eigenvalue weighted by Gasteiger charge is -1.93. The van der Waals surface area contributed by atoms with Crippen molar-refractivity contribution in [3.05, 3.63) is 42.0 Å². The Labute approximate surface area is 108 Å². The number of hydrogen-bond donors (Lipinski definition) is 3. The van der Waals surface area contributed by atoms with Crippen LogP contribution < -0.4 is 11.2 Å². The van der Waals surface area contributed by atoms with E-state index in [2.05, 4.69) is 10.5 Å². The maximum atomic E-state index is 10.4. The van der Waals surface area contributed by atoms with Crippen LogP contribution in [0.15, 0.2) is 41.5 Å². The number of rotatable bonds is 3.